The van der Waals surface area contributed by atoms with Gasteiger partial charge in [0.05, 0.1) is 22.3 Å². The van der Waals surface area contributed by atoms with Gasteiger partial charge in [-0.05, 0) is 25.5 Å². The largest absolute Gasteiger partial charge is 0.355 e. The third-order valence-electron chi connectivity index (χ3n) is 5.04. The fourth-order valence-electron chi connectivity index (χ4n) is 3.56. The molecule has 0 aliphatic carbocycles. The van der Waals surface area contributed by atoms with E-state index >= 15 is 0 Å². The van der Waals surface area contributed by atoms with Gasteiger partial charge in [0, 0.05) is 37.1 Å². The van der Waals surface area contributed by atoms with Crippen molar-refractivity contribution in [1.29, 1.82) is 0 Å². The number of nitrogens with zero attached hydrogens (tertiary/aromatic N) is 3. The van der Waals surface area contributed by atoms with Crippen molar-refractivity contribution in [2.24, 2.45) is 0 Å². The summed E-state index contributed by atoms with van der Waals surface area (Å²) in [5.41, 5.74) is 4.78. The average Bonchev–Trinajstić information content (AvgIpc) is 3.35. The molecule has 1 fully saturated rings. The topological polar surface area (TPSA) is 75.2 Å². The summed E-state index contributed by atoms with van der Waals surface area (Å²) in [6, 6.07) is 9.53. The maximum Gasteiger partial charge on any atom is 0.265 e. The molecule has 4 rings (SSSR count). The van der Waals surface area contributed by atoms with Gasteiger partial charge < -0.3 is 10.2 Å². The van der Waals surface area contributed by atoms with E-state index in [0.717, 1.165) is 28.7 Å². The Bertz CT molecular complexity index is 1030. The number of hydrogen-bond donors (Lipinski definition) is 1. The number of likely N-dealkylation sites (tertiary alicyclic amines) is 1. The zero-order valence-electron chi connectivity index (χ0n) is 15.2. The first-order chi connectivity index (χ1) is 13.1. The number of thiazole rings is 1. The van der Waals surface area contributed by atoms with Crippen LogP contribution >= 0.6 is 11.3 Å². The summed E-state index contributed by atoms with van der Waals surface area (Å²) in [7, 11) is 1.63. The summed E-state index contributed by atoms with van der Waals surface area (Å²) < 4.78 is 0. The van der Waals surface area contributed by atoms with E-state index in [2.05, 4.69) is 10.3 Å². The van der Waals surface area contributed by atoms with Gasteiger partial charge in [0.15, 0.2) is 0 Å². The molecule has 3 heterocycles. The summed E-state index contributed by atoms with van der Waals surface area (Å²) >= 11 is 1.38. The Morgan fingerprint density at radius 3 is 2.85 bits per heavy atom. The van der Waals surface area contributed by atoms with Gasteiger partial charge in [-0.15, -0.1) is 11.3 Å². The van der Waals surface area contributed by atoms with Crippen molar-refractivity contribution in [3.63, 3.8) is 0 Å². The first-order valence-electron chi connectivity index (χ1n) is 8.89. The molecule has 7 heteroatoms. The first-order valence-corrected chi connectivity index (χ1v) is 9.77. The number of benzene rings is 1. The van der Waals surface area contributed by atoms with Crippen LogP contribution in [-0.4, -0.2) is 46.8 Å². The van der Waals surface area contributed by atoms with Crippen LogP contribution in [0, 0.1) is 6.92 Å². The van der Waals surface area contributed by atoms with Gasteiger partial charge in [0.1, 0.15) is 4.88 Å². The number of pyridine rings is 1. The normalized spacial score (nSPS) is 16.7. The minimum absolute atomic E-state index is 0.0322. The van der Waals surface area contributed by atoms with Crippen molar-refractivity contribution in [1.82, 2.24) is 20.2 Å². The van der Waals surface area contributed by atoms with Crippen LogP contribution in [0.3, 0.4) is 0 Å². The highest BCUT2D eigenvalue weighted by atomic mass is 32.1. The smallest absolute Gasteiger partial charge is 0.265 e. The molecule has 2 aromatic heterocycles. The Morgan fingerprint density at radius 2 is 2.11 bits per heavy atom. The van der Waals surface area contributed by atoms with Gasteiger partial charge >= 0.3 is 0 Å². The van der Waals surface area contributed by atoms with Crippen molar-refractivity contribution >= 4 is 34.1 Å². The minimum atomic E-state index is -0.124. The highest BCUT2D eigenvalue weighted by molar-refractivity contribution is 7.11. The van der Waals surface area contributed by atoms with Gasteiger partial charge in [-0.3, -0.25) is 14.6 Å². The van der Waals surface area contributed by atoms with Crippen LogP contribution in [-0.2, 0) is 0 Å². The molecule has 0 spiro atoms. The van der Waals surface area contributed by atoms with Crippen LogP contribution in [0.4, 0.5) is 0 Å². The summed E-state index contributed by atoms with van der Waals surface area (Å²) in [5, 5.41) is 3.55. The number of aromatic nitrogens is 2. The molecule has 138 valence electrons. The maximum absolute atomic E-state index is 12.8. The lowest BCUT2D eigenvalue weighted by Gasteiger charge is -2.16. The van der Waals surface area contributed by atoms with E-state index in [9.17, 15) is 9.59 Å². The van der Waals surface area contributed by atoms with E-state index in [0.29, 0.717) is 23.5 Å². The third-order valence-corrected chi connectivity index (χ3v) is 5.96. The number of carbonyl (C=O) groups excluding carboxylic acids is 2. The van der Waals surface area contributed by atoms with Crippen LogP contribution in [0.2, 0.25) is 0 Å². The van der Waals surface area contributed by atoms with E-state index in [1.54, 1.807) is 12.6 Å². The predicted octanol–water partition coefficient (Wildman–Crippen LogP) is 2.99. The Hall–Kier alpha value is -2.80. The van der Waals surface area contributed by atoms with Gasteiger partial charge in [-0.2, -0.15) is 0 Å². The Morgan fingerprint density at radius 1 is 1.30 bits per heavy atom. The molecular formula is C20H20N4O2S. The van der Waals surface area contributed by atoms with E-state index in [1.807, 2.05) is 42.2 Å². The van der Waals surface area contributed by atoms with Gasteiger partial charge in [-0.1, -0.05) is 18.2 Å². The Labute approximate surface area is 161 Å². The van der Waals surface area contributed by atoms with E-state index in [-0.39, 0.29) is 17.7 Å². The van der Waals surface area contributed by atoms with Gasteiger partial charge in [0.2, 0.25) is 0 Å². The molecule has 1 N–H and O–H groups in total. The van der Waals surface area contributed by atoms with Gasteiger partial charge in [-0.25, -0.2) is 4.98 Å². The lowest BCUT2D eigenvalue weighted by atomic mass is 9.99. The number of amides is 2. The molecule has 1 saturated heterocycles. The predicted molar refractivity (Wildman–Crippen MR) is 105 cm³/mol. The standard InChI is InChI=1S/C20H20N4O2S/c1-12-18(27-11-22-12)20(26)24-8-7-13(10-24)17-9-15(19(25)21-2)14-5-3-4-6-16(14)23-17/h3-6,9,11,13H,7-8,10H2,1-2H3,(H,21,25)/t13-/m0/s1. The molecule has 0 bridgehead atoms. The quantitative estimate of drug-likeness (QED) is 0.758. The second-order valence-electron chi connectivity index (χ2n) is 6.69. The van der Waals surface area contributed by atoms with Crippen molar-refractivity contribution in [3.05, 3.63) is 57.7 Å². The highest BCUT2D eigenvalue weighted by Crippen LogP contribution is 2.30. The molecule has 2 amide bonds. The molecule has 0 radical (unpaired) electrons. The Balaban J connectivity index is 1.64. The molecule has 6 nitrogen and oxygen atoms in total. The van der Waals surface area contributed by atoms with E-state index < -0.39 is 0 Å². The fraction of sp³-hybridized carbons (Fsp3) is 0.300. The molecule has 3 aromatic rings. The minimum Gasteiger partial charge on any atom is -0.355 e. The van der Waals surface area contributed by atoms with Crippen molar-refractivity contribution in [2.75, 3.05) is 20.1 Å². The van der Waals surface area contributed by atoms with Crippen LogP contribution < -0.4 is 5.32 Å². The zero-order valence-corrected chi connectivity index (χ0v) is 16.0. The van der Waals surface area contributed by atoms with Gasteiger partial charge in [0.25, 0.3) is 11.8 Å². The number of fused-ring (bicyclic) bond motifs is 1. The second kappa shape index (κ2) is 7.08. The second-order valence-corrected chi connectivity index (χ2v) is 7.55. The van der Waals surface area contributed by atoms with Crippen LogP contribution in [0.1, 0.15) is 43.8 Å². The van der Waals surface area contributed by atoms with E-state index in [4.69, 9.17) is 4.98 Å². The lowest BCUT2D eigenvalue weighted by Crippen LogP contribution is -2.28. The first kappa shape index (κ1) is 17.6. The molecule has 1 atom stereocenters. The number of hydrogen-bond acceptors (Lipinski definition) is 5. The van der Waals surface area contributed by atoms with E-state index in [1.165, 1.54) is 11.3 Å². The van der Waals surface area contributed by atoms with Crippen molar-refractivity contribution < 1.29 is 9.59 Å². The highest BCUT2D eigenvalue weighted by Gasteiger charge is 2.31. The number of carbonyl (C=O) groups is 2. The zero-order chi connectivity index (χ0) is 19.0. The molecule has 1 aromatic carbocycles. The third kappa shape index (κ3) is 3.19. The SMILES string of the molecule is CNC(=O)c1cc([C@H]2CCN(C(=O)c3scnc3C)C2)nc2ccccc12. The van der Waals surface area contributed by atoms with Crippen LogP contribution in [0.5, 0.6) is 0 Å². The molecular weight excluding hydrogens is 360 g/mol. The molecule has 27 heavy (non-hydrogen) atoms. The summed E-state index contributed by atoms with van der Waals surface area (Å²) in [6.45, 7) is 3.15. The summed E-state index contributed by atoms with van der Waals surface area (Å²) in [6.07, 6.45) is 0.835. The number of aryl methyl sites for hydroxylation is 1. The van der Waals surface area contributed by atoms with Crippen molar-refractivity contribution in [2.45, 2.75) is 19.3 Å². The average molecular weight is 380 g/mol. The van der Waals surface area contributed by atoms with Crippen LogP contribution in [0.15, 0.2) is 35.8 Å². The molecule has 1 aliphatic heterocycles. The summed E-state index contributed by atoms with van der Waals surface area (Å²) in [5.74, 6) is 0.0288. The molecule has 0 saturated carbocycles. The number of rotatable bonds is 3. The number of para-hydroxylation sites is 1. The fourth-order valence-corrected chi connectivity index (χ4v) is 4.33. The summed E-state index contributed by atoms with van der Waals surface area (Å²) in [4.78, 5) is 36.6. The number of nitrogens with one attached hydrogen (secondary N) is 1. The monoisotopic (exact) mass is 380 g/mol. The lowest BCUT2D eigenvalue weighted by molar-refractivity contribution is 0.0794. The maximum atomic E-state index is 12.8. The molecule has 1 aliphatic rings. The Kier molecular flexibility index (Phi) is 4.61. The van der Waals surface area contributed by atoms with Crippen LogP contribution in [0.25, 0.3) is 10.9 Å². The molecule has 0 unspecified atom stereocenters. The van der Waals surface area contributed by atoms with Crippen molar-refractivity contribution in [3.8, 4) is 0 Å².